The van der Waals surface area contributed by atoms with Gasteiger partial charge in [-0.3, -0.25) is 19.5 Å². The van der Waals surface area contributed by atoms with E-state index in [0.717, 1.165) is 17.7 Å². The van der Waals surface area contributed by atoms with Gasteiger partial charge in [0.2, 0.25) is 0 Å². The second-order valence-electron chi connectivity index (χ2n) is 9.76. The fourth-order valence-corrected chi connectivity index (χ4v) is 5.00. The lowest BCUT2D eigenvalue weighted by molar-refractivity contribution is -0.152. The molecule has 1 saturated carbocycles. The van der Waals surface area contributed by atoms with Crippen molar-refractivity contribution in [1.29, 1.82) is 0 Å². The highest BCUT2D eigenvalue weighted by Gasteiger charge is 2.37. The van der Waals surface area contributed by atoms with Gasteiger partial charge in [0.05, 0.1) is 16.7 Å². The molecule has 5 rings (SSSR count). The Balaban J connectivity index is 1.42. The molecule has 0 saturated heterocycles. The van der Waals surface area contributed by atoms with Crippen molar-refractivity contribution in [3.05, 3.63) is 81.1 Å². The van der Waals surface area contributed by atoms with Crippen LogP contribution in [-0.2, 0) is 16.0 Å². The number of halogens is 4. The maximum Gasteiger partial charge on any atom is 0.387 e. The van der Waals surface area contributed by atoms with E-state index in [9.17, 15) is 23.5 Å². The third-order valence-electron chi connectivity index (χ3n) is 6.78. The zero-order valence-electron chi connectivity index (χ0n) is 21.4. The van der Waals surface area contributed by atoms with E-state index in [-0.39, 0.29) is 39.1 Å². The van der Waals surface area contributed by atoms with Gasteiger partial charge in [0.15, 0.2) is 17.7 Å². The molecule has 41 heavy (non-hydrogen) atoms. The second-order valence-corrected chi connectivity index (χ2v) is 10.6. The topological polar surface area (TPSA) is 124 Å². The molecule has 2 atom stereocenters. The summed E-state index contributed by atoms with van der Waals surface area (Å²) in [6.07, 6.45) is 2.25. The lowest BCUT2D eigenvalue weighted by atomic mass is 10.0. The Kier molecular flexibility index (Phi) is 8.48. The van der Waals surface area contributed by atoms with Crippen LogP contribution in [0.5, 0.6) is 11.5 Å². The fraction of sp³-hybridized carbons (Fsp3) is 0.321. The summed E-state index contributed by atoms with van der Waals surface area (Å²) in [5.41, 5.74) is 7.44. The van der Waals surface area contributed by atoms with E-state index < -0.39 is 37.4 Å². The van der Waals surface area contributed by atoms with Crippen molar-refractivity contribution < 1.29 is 37.7 Å². The third kappa shape index (κ3) is 6.64. The number of hydrogen-bond donors (Lipinski definition) is 2. The van der Waals surface area contributed by atoms with Crippen molar-refractivity contribution in [3.63, 3.8) is 0 Å². The number of ether oxygens (including phenoxy) is 3. The monoisotopic (exact) mass is 607 g/mol. The first-order valence-corrected chi connectivity index (χ1v) is 13.4. The molecule has 0 radical (unpaired) electrons. The fourth-order valence-electron chi connectivity index (χ4n) is 4.49. The van der Waals surface area contributed by atoms with Crippen molar-refractivity contribution in [2.45, 2.75) is 38.2 Å². The Hall–Kier alpha value is -3.67. The molecule has 1 aromatic heterocycles. The van der Waals surface area contributed by atoms with Crippen LogP contribution in [-0.4, -0.2) is 46.6 Å². The summed E-state index contributed by atoms with van der Waals surface area (Å²) in [5, 5.41) is 11.1. The van der Waals surface area contributed by atoms with E-state index in [1.807, 2.05) is 0 Å². The van der Waals surface area contributed by atoms with Crippen molar-refractivity contribution in [3.8, 4) is 11.5 Å². The number of anilines is 1. The first-order chi connectivity index (χ1) is 19.6. The molecule has 1 unspecified atom stereocenters. The first-order valence-electron chi connectivity index (χ1n) is 12.7. The zero-order chi connectivity index (χ0) is 29.3. The van der Waals surface area contributed by atoms with Gasteiger partial charge in [0.1, 0.15) is 12.6 Å². The van der Waals surface area contributed by atoms with Gasteiger partial charge in [0.25, 0.3) is 5.91 Å². The van der Waals surface area contributed by atoms with Crippen molar-refractivity contribution in [1.82, 2.24) is 9.88 Å². The number of amides is 1. The maximum absolute atomic E-state index is 13.2. The van der Waals surface area contributed by atoms with Crippen LogP contribution >= 0.6 is 23.2 Å². The number of nitrogens with zero attached hydrogens (tertiary/aromatic N) is 2. The number of rotatable bonds is 11. The Morgan fingerprint density at radius 2 is 1.85 bits per heavy atom. The second kappa shape index (κ2) is 12.1. The Bertz CT molecular complexity index is 1450. The molecule has 9 nitrogen and oxygen atoms in total. The van der Waals surface area contributed by atoms with Crippen LogP contribution in [0.15, 0.2) is 48.8 Å². The molecule has 1 aliphatic heterocycles. The summed E-state index contributed by atoms with van der Waals surface area (Å²) in [6, 6.07) is 8.67. The number of pyridine rings is 1. The standard InChI is InChI=1S/C28H25Cl2F2N3O6/c29-20-10-34-11-21(30)19(20)9-23(15-3-6-22(41-28(31)32)24(7-15)39-13-14-1-2-14)40-25(36)12-35-26(37)17-5-4-16(33)8-18(17)27(35)38/h3-8,10-11,14,23,27-28,38H,1-2,9,12-13,33H2/t23-,27?/m0/s1. The van der Waals surface area contributed by atoms with Gasteiger partial charge in [-0.2, -0.15) is 8.78 Å². The Labute approximate surface area is 243 Å². The molecule has 2 aromatic carbocycles. The number of aliphatic hydroxyl groups excluding tert-OH is 1. The van der Waals surface area contributed by atoms with Gasteiger partial charge in [-0.1, -0.05) is 29.3 Å². The minimum atomic E-state index is -3.07. The third-order valence-corrected chi connectivity index (χ3v) is 7.43. The van der Waals surface area contributed by atoms with Gasteiger partial charge in [0, 0.05) is 35.6 Å². The van der Waals surface area contributed by atoms with Gasteiger partial charge < -0.3 is 25.1 Å². The van der Waals surface area contributed by atoms with E-state index in [1.165, 1.54) is 48.8 Å². The average molecular weight is 608 g/mol. The van der Waals surface area contributed by atoms with E-state index in [0.29, 0.717) is 29.3 Å². The van der Waals surface area contributed by atoms with Crippen molar-refractivity contribution in [2.75, 3.05) is 18.9 Å². The molecule has 2 heterocycles. The number of benzene rings is 2. The summed E-state index contributed by atoms with van der Waals surface area (Å²) in [7, 11) is 0. The average Bonchev–Trinajstić information content (AvgIpc) is 3.73. The quantitative estimate of drug-likeness (QED) is 0.221. The van der Waals surface area contributed by atoms with Gasteiger partial charge in [-0.25, -0.2) is 0 Å². The van der Waals surface area contributed by atoms with E-state index >= 15 is 0 Å². The number of hydrogen-bond acceptors (Lipinski definition) is 8. The van der Waals surface area contributed by atoms with Crippen LogP contribution in [0.4, 0.5) is 14.5 Å². The lowest BCUT2D eigenvalue weighted by Crippen LogP contribution is -2.35. The van der Waals surface area contributed by atoms with Gasteiger partial charge in [-0.15, -0.1) is 0 Å². The number of nitrogens with two attached hydrogens (primary N) is 1. The van der Waals surface area contributed by atoms with Gasteiger partial charge in [-0.05, 0) is 60.2 Å². The van der Waals surface area contributed by atoms with Crippen molar-refractivity contribution in [2.24, 2.45) is 5.92 Å². The summed E-state index contributed by atoms with van der Waals surface area (Å²) in [5.74, 6) is -1.20. The molecule has 13 heteroatoms. The Morgan fingerprint density at radius 3 is 2.54 bits per heavy atom. The predicted octanol–water partition coefficient (Wildman–Crippen LogP) is 5.33. The molecule has 0 bridgehead atoms. The smallest absolute Gasteiger partial charge is 0.387 e. The number of aromatic nitrogens is 1. The zero-order valence-corrected chi connectivity index (χ0v) is 22.9. The normalized spacial score (nSPS) is 17.0. The molecule has 1 fully saturated rings. The van der Waals surface area contributed by atoms with E-state index in [4.69, 9.17) is 38.4 Å². The van der Waals surface area contributed by atoms with Gasteiger partial charge >= 0.3 is 12.6 Å². The van der Waals surface area contributed by atoms with Crippen LogP contribution in [0.1, 0.15) is 52.2 Å². The summed E-state index contributed by atoms with van der Waals surface area (Å²) < 4.78 is 42.3. The molecule has 1 aliphatic carbocycles. The van der Waals surface area contributed by atoms with Crippen LogP contribution in [0.2, 0.25) is 10.0 Å². The molecule has 2 aliphatic rings. The number of alkyl halides is 2. The lowest BCUT2D eigenvalue weighted by Gasteiger charge is -2.24. The van der Waals surface area contributed by atoms with Crippen LogP contribution < -0.4 is 15.2 Å². The molecule has 0 spiro atoms. The molecular formula is C28H25Cl2F2N3O6. The number of carbonyl (C=O) groups is 2. The highest BCUT2D eigenvalue weighted by molar-refractivity contribution is 6.35. The summed E-state index contributed by atoms with van der Waals surface area (Å²) >= 11 is 12.7. The largest absolute Gasteiger partial charge is 0.489 e. The number of nitrogen functional groups attached to an aromatic ring is 1. The number of carbonyl (C=O) groups excluding carboxylic acids is 2. The van der Waals surface area contributed by atoms with E-state index in [2.05, 4.69) is 9.72 Å². The van der Waals surface area contributed by atoms with Crippen molar-refractivity contribution >= 4 is 40.8 Å². The summed E-state index contributed by atoms with van der Waals surface area (Å²) in [6.45, 7) is -3.34. The number of fused-ring (bicyclic) bond motifs is 1. The molecule has 216 valence electrons. The number of aliphatic hydroxyl groups is 1. The van der Waals surface area contributed by atoms with Crippen LogP contribution in [0.25, 0.3) is 0 Å². The SMILES string of the molecule is Nc1ccc2c(c1)C(O)N(CC(=O)O[C@@H](Cc1c(Cl)cncc1Cl)c1ccc(OC(F)F)c(OCC3CC3)c1)C2=O. The first kappa shape index (κ1) is 28.8. The highest BCUT2D eigenvalue weighted by atomic mass is 35.5. The van der Waals surface area contributed by atoms with Crippen LogP contribution in [0.3, 0.4) is 0 Å². The highest BCUT2D eigenvalue weighted by Crippen LogP contribution is 2.38. The minimum absolute atomic E-state index is 0.0176. The Morgan fingerprint density at radius 1 is 1.12 bits per heavy atom. The molecule has 3 aromatic rings. The predicted molar refractivity (Wildman–Crippen MR) is 145 cm³/mol. The maximum atomic E-state index is 13.2. The molecule has 1 amide bonds. The number of esters is 1. The molecule has 3 N–H and O–H groups in total. The van der Waals surface area contributed by atoms with Crippen LogP contribution in [0, 0.1) is 5.92 Å². The minimum Gasteiger partial charge on any atom is -0.489 e. The molecular weight excluding hydrogens is 583 g/mol. The van der Waals surface area contributed by atoms with E-state index in [1.54, 1.807) is 0 Å². The summed E-state index contributed by atoms with van der Waals surface area (Å²) in [4.78, 5) is 31.0.